The van der Waals surface area contributed by atoms with Crippen LogP contribution in [0, 0.1) is 6.92 Å². The molecule has 0 bridgehead atoms. The third-order valence-corrected chi connectivity index (χ3v) is 2.50. The van der Waals surface area contributed by atoms with Crippen molar-refractivity contribution < 1.29 is 32.7 Å². The van der Waals surface area contributed by atoms with Gasteiger partial charge in [0.25, 0.3) is 0 Å². The van der Waals surface area contributed by atoms with Gasteiger partial charge >= 0.3 is 0 Å². The first-order valence-electron chi connectivity index (χ1n) is 4.34. The van der Waals surface area contributed by atoms with Gasteiger partial charge in [-0.15, -0.1) is 0 Å². The Labute approximate surface area is 95.8 Å². The van der Waals surface area contributed by atoms with Crippen molar-refractivity contribution in [1.82, 2.24) is 4.90 Å². The molecule has 63 valence electrons. The minimum Gasteiger partial charge on any atom is -0.342 e. The van der Waals surface area contributed by atoms with Gasteiger partial charge in [0.15, 0.2) is 0 Å². The Morgan fingerprint density at radius 3 is 2.73 bits per heavy atom. The Hall–Kier alpha value is 1.06. The van der Waals surface area contributed by atoms with E-state index in [1.54, 1.807) is 0 Å². The molecule has 0 saturated carbocycles. The molecule has 11 heavy (non-hydrogen) atoms. The number of rotatable bonds is 1. The average molecular weight is 229 g/mol. The number of hydrogen-bond donors (Lipinski definition) is 0. The van der Waals surface area contributed by atoms with Crippen LogP contribution in [0.5, 0.6) is 0 Å². The third-order valence-electron chi connectivity index (χ3n) is 2.50. The van der Waals surface area contributed by atoms with Gasteiger partial charge in [-0.1, -0.05) is 12.8 Å². The number of likely N-dealkylation sites (tertiary alicyclic amines) is 1. The van der Waals surface area contributed by atoms with Crippen molar-refractivity contribution in [3.05, 3.63) is 6.92 Å². The van der Waals surface area contributed by atoms with Gasteiger partial charge in [0, 0.05) is 32.7 Å². The van der Waals surface area contributed by atoms with E-state index < -0.39 is 0 Å². The fraction of sp³-hybridized carbons (Fsp3) is 0.889. The van der Waals surface area contributed by atoms with E-state index in [0.29, 0.717) is 0 Å². The molecular formula is C9H18NY-. The molecular weight excluding hydrogens is 211 g/mol. The molecule has 1 unspecified atom stereocenters. The van der Waals surface area contributed by atoms with E-state index in [-0.39, 0.29) is 32.7 Å². The Morgan fingerprint density at radius 2 is 2.09 bits per heavy atom. The molecule has 0 N–H and O–H groups in total. The minimum atomic E-state index is 0. The van der Waals surface area contributed by atoms with Crippen LogP contribution >= 0.6 is 0 Å². The Kier molecular flexibility index (Phi) is 7.20. The maximum Gasteiger partial charge on any atom is 0 e. The molecule has 0 aromatic carbocycles. The standard InChI is InChI=1S/C9H18N.Y/c1-3-9-7-5-4-6-8-10(9)2;/h9H,1,3-8H2,2H3;/q-1;. The van der Waals surface area contributed by atoms with E-state index in [2.05, 4.69) is 18.9 Å². The van der Waals surface area contributed by atoms with Crippen LogP contribution in [0.3, 0.4) is 0 Å². The molecule has 1 fully saturated rings. The first kappa shape index (κ1) is 12.1. The normalized spacial score (nSPS) is 27.3. The monoisotopic (exact) mass is 229 g/mol. The summed E-state index contributed by atoms with van der Waals surface area (Å²) in [6.07, 6.45) is 6.65. The number of nitrogens with zero attached hydrogens (tertiary/aromatic N) is 1. The number of hydrogen-bond acceptors (Lipinski definition) is 1. The zero-order valence-electron chi connectivity index (χ0n) is 7.55. The summed E-state index contributed by atoms with van der Waals surface area (Å²) in [6.45, 7) is 5.24. The molecule has 0 aromatic rings. The summed E-state index contributed by atoms with van der Waals surface area (Å²) in [7, 11) is 2.22. The molecule has 1 aliphatic rings. The molecule has 2 heteroatoms. The SMILES string of the molecule is [CH2-]CC1CCCCCN1C.[Y]. The van der Waals surface area contributed by atoms with Crippen molar-refractivity contribution in [2.45, 2.75) is 38.1 Å². The predicted octanol–water partition coefficient (Wildman–Crippen LogP) is 2.08. The van der Waals surface area contributed by atoms with Crippen molar-refractivity contribution in [3.8, 4) is 0 Å². The van der Waals surface area contributed by atoms with Crippen LogP contribution in [-0.4, -0.2) is 24.5 Å². The summed E-state index contributed by atoms with van der Waals surface area (Å²) < 4.78 is 0. The molecule has 1 heterocycles. The van der Waals surface area contributed by atoms with Gasteiger partial charge in [-0.2, -0.15) is 6.42 Å². The van der Waals surface area contributed by atoms with Crippen molar-refractivity contribution in [3.63, 3.8) is 0 Å². The molecule has 0 amide bonds. The zero-order valence-corrected chi connectivity index (χ0v) is 10.4. The maximum atomic E-state index is 3.96. The van der Waals surface area contributed by atoms with Crippen LogP contribution < -0.4 is 0 Å². The molecule has 1 saturated heterocycles. The maximum absolute atomic E-state index is 3.96. The zero-order chi connectivity index (χ0) is 7.40. The van der Waals surface area contributed by atoms with Gasteiger partial charge in [0.05, 0.1) is 0 Å². The topological polar surface area (TPSA) is 3.24 Å². The van der Waals surface area contributed by atoms with E-state index >= 15 is 0 Å². The molecule has 1 atom stereocenters. The third kappa shape index (κ3) is 4.01. The van der Waals surface area contributed by atoms with E-state index in [4.69, 9.17) is 0 Å². The minimum absolute atomic E-state index is 0. The van der Waals surface area contributed by atoms with Gasteiger partial charge in [0.2, 0.25) is 0 Å². The molecule has 1 radical (unpaired) electrons. The van der Waals surface area contributed by atoms with Crippen LogP contribution in [0.25, 0.3) is 0 Å². The van der Waals surface area contributed by atoms with E-state index in [0.717, 1.165) is 12.5 Å². The molecule has 0 aliphatic carbocycles. The van der Waals surface area contributed by atoms with Crippen molar-refractivity contribution >= 4 is 0 Å². The summed E-state index contributed by atoms with van der Waals surface area (Å²) in [5.41, 5.74) is 0. The first-order chi connectivity index (χ1) is 4.84. The molecule has 0 aromatic heterocycles. The van der Waals surface area contributed by atoms with Crippen molar-refractivity contribution in [1.29, 1.82) is 0 Å². The van der Waals surface area contributed by atoms with Crippen LogP contribution in [-0.2, 0) is 32.7 Å². The Morgan fingerprint density at radius 1 is 1.36 bits per heavy atom. The fourth-order valence-corrected chi connectivity index (χ4v) is 1.69. The molecule has 1 aliphatic heterocycles. The molecule has 0 spiro atoms. The Balaban J connectivity index is 0.000001000. The predicted molar refractivity (Wildman–Crippen MR) is 44.9 cm³/mol. The largest absolute Gasteiger partial charge is 0.342 e. The first-order valence-corrected chi connectivity index (χ1v) is 4.34. The second-order valence-electron chi connectivity index (χ2n) is 3.27. The second kappa shape index (κ2) is 6.57. The van der Waals surface area contributed by atoms with Crippen LogP contribution in [0.15, 0.2) is 0 Å². The van der Waals surface area contributed by atoms with Gasteiger partial charge in [0.1, 0.15) is 0 Å². The molecule has 1 nitrogen and oxygen atoms in total. The van der Waals surface area contributed by atoms with E-state index in [9.17, 15) is 0 Å². The van der Waals surface area contributed by atoms with Gasteiger partial charge in [-0.05, 0) is 32.5 Å². The van der Waals surface area contributed by atoms with Crippen LogP contribution in [0.1, 0.15) is 32.1 Å². The van der Waals surface area contributed by atoms with Gasteiger partial charge in [-0.3, -0.25) is 0 Å². The summed E-state index contributed by atoms with van der Waals surface area (Å²) in [6, 6.07) is 0.766. The van der Waals surface area contributed by atoms with Crippen molar-refractivity contribution in [2.24, 2.45) is 0 Å². The second-order valence-corrected chi connectivity index (χ2v) is 3.27. The average Bonchev–Trinajstić information content (AvgIpc) is 2.13. The van der Waals surface area contributed by atoms with Crippen molar-refractivity contribution in [2.75, 3.05) is 13.6 Å². The quantitative estimate of drug-likeness (QED) is 0.622. The summed E-state index contributed by atoms with van der Waals surface area (Å²) >= 11 is 0. The summed E-state index contributed by atoms with van der Waals surface area (Å²) in [5.74, 6) is 0. The molecule has 1 rings (SSSR count). The van der Waals surface area contributed by atoms with Crippen LogP contribution in [0.4, 0.5) is 0 Å². The summed E-state index contributed by atoms with van der Waals surface area (Å²) in [5, 5.41) is 0. The van der Waals surface area contributed by atoms with Crippen LogP contribution in [0.2, 0.25) is 0 Å². The van der Waals surface area contributed by atoms with Gasteiger partial charge < -0.3 is 11.8 Å². The van der Waals surface area contributed by atoms with E-state index in [1.807, 2.05) is 0 Å². The van der Waals surface area contributed by atoms with Gasteiger partial charge in [-0.25, -0.2) is 0 Å². The van der Waals surface area contributed by atoms with E-state index in [1.165, 1.54) is 32.2 Å². The fourth-order valence-electron chi connectivity index (χ4n) is 1.69. The summed E-state index contributed by atoms with van der Waals surface area (Å²) in [4.78, 5) is 2.46. The smallest absolute Gasteiger partial charge is 0 e. The Bertz CT molecular complexity index is 95.6.